The minimum absolute atomic E-state index is 0.0150. The molecule has 2 atom stereocenters. The molecule has 0 aromatic rings. The molecule has 0 aromatic carbocycles. The van der Waals surface area contributed by atoms with Gasteiger partial charge in [0.15, 0.2) is 6.29 Å². The molecule has 2 nitrogen and oxygen atoms in total. The average Bonchev–Trinajstić information content (AvgIpc) is 1.94. The van der Waals surface area contributed by atoms with Crippen molar-refractivity contribution in [3.8, 4) is 0 Å². The summed E-state index contributed by atoms with van der Waals surface area (Å²) in [6.07, 6.45) is 2.28. The van der Waals surface area contributed by atoms with Gasteiger partial charge in [0, 0.05) is 13.2 Å². The first kappa shape index (κ1) is 8.50. The summed E-state index contributed by atoms with van der Waals surface area (Å²) in [5.41, 5.74) is 0. The Morgan fingerprint density at radius 3 is 3.10 bits per heavy atom. The molecule has 1 fully saturated rings. The summed E-state index contributed by atoms with van der Waals surface area (Å²) in [6.45, 7) is 3.55. The van der Waals surface area contributed by atoms with Gasteiger partial charge >= 0.3 is 0 Å². The molecule has 1 rings (SSSR count). The first-order valence-corrected chi connectivity index (χ1v) is 4.63. The second kappa shape index (κ2) is 4.31. The maximum absolute atomic E-state index is 5.36. The molecule has 0 aliphatic carbocycles. The lowest BCUT2D eigenvalue weighted by atomic mass is 10.2. The van der Waals surface area contributed by atoms with Crippen LogP contribution in [0.25, 0.3) is 0 Å². The van der Waals surface area contributed by atoms with Crippen LogP contribution in [0.3, 0.4) is 0 Å². The van der Waals surface area contributed by atoms with E-state index in [4.69, 9.17) is 9.47 Å². The fourth-order valence-corrected chi connectivity index (χ4v) is 1.66. The van der Waals surface area contributed by atoms with E-state index in [1.807, 2.05) is 6.92 Å². The molecule has 1 heterocycles. The molecule has 0 aromatic heterocycles. The van der Waals surface area contributed by atoms with Crippen molar-refractivity contribution in [2.75, 3.05) is 13.2 Å². The highest BCUT2D eigenvalue weighted by Gasteiger charge is 2.23. The second-order valence-corrected chi connectivity index (χ2v) is 3.53. The predicted molar refractivity (Wildman–Crippen MR) is 43.3 cm³/mol. The standard InChI is InChI=1S/C7H13BrO2/c1-2-9-7-6(8)4-3-5-10-7/h6-7H,2-5H2,1H3/t6-,7-/m0/s1. The Morgan fingerprint density at radius 1 is 1.70 bits per heavy atom. The van der Waals surface area contributed by atoms with Crippen LogP contribution in [0.1, 0.15) is 19.8 Å². The molecule has 0 unspecified atom stereocenters. The Hall–Kier alpha value is 0.400. The average molecular weight is 209 g/mol. The summed E-state index contributed by atoms with van der Waals surface area (Å²) in [6, 6.07) is 0. The Kier molecular flexibility index (Phi) is 3.66. The second-order valence-electron chi connectivity index (χ2n) is 2.35. The van der Waals surface area contributed by atoms with E-state index in [0.717, 1.165) is 26.1 Å². The van der Waals surface area contributed by atoms with Gasteiger partial charge < -0.3 is 9.47 Å². The Balaban J connectivity index is 2.25. The van der Waals surface area contributed by atoms with Crippen LogP contribution in [0.5, 0.6) is 0 Å². The van der Waals surface area contributed by atoms with E-state index in [9.17, 15) is 0 Å². The Morgan fingerprint density at radius 2 is 2.50 bits per heavy atom. The number of halogens is 1. The highest BCUT2D eigenvalue weighted by Crippen LogP contribution is 2.21. The van der Waals surface area contributed by atoms with Gasteiger partial charge in [-0.2, -0.15) is 0 Å². The summed E-state index contributed by atoms with van der Waals surface area (Å²) >= 11 is 3.51. The van der Waals surface area contributed by atoms with Gasteiger partial charge in [-0.3, -0.25) is 0 Å². The molecule has 0 N–H and O–H groups in total. The van der Waals surface area contributed by atoms with E-state index in [1.165, 1.54) is 0 Å². The molecule has 60 valence electrons. The molecule has 1 saturated heterocycles. The Labute approximate surface area is 70.0 Å². The lowest BCUT2D eigenvalue weighted by Gasteiger charge is -2.27. The van der Waals surface area contributed by atoms with Gasteiger partial charge in [-0.15, -0.1) is 0 Å². The van der Waals surface area contributed by atoms with Crippen LogP contribution in [-0.2, 0) is 9.47 Å². The molecule has 10 heavy (non-hydrogen) atoms. The van der Waals surface area contributed by atoms with Gasteiger partial charge in [0.1, 0.15) is 0 Å². The largest absolute Gasteiger partial charge is 0.352 e. The van der Waals surface area contributed by atoms with Crippen LogP contribution in [0, 0.1) is 0 Å². The predicted octanol–water partition coefficient (Wildman–Crippen LogP) is 1.92. The molecule has 0 saturated carbocycles. The van der Waals surface area contributed by atoms with Crippen molar-refractivity contribution in [1.29, 1.82) is 0 Å². The molecule has 0 amide bonds. The van der Waals surface area contributed by atoms with E-state index in [0.29, 0.717) is 4.83 Å². The monoisotopic (exact) mass is 208 g/mol. The van der Waals surface area contributed by atoms with Crippen LogP contribution in [0.2, 0.25) is 0 Å². The third-order valence-corrected chi connectivity index (χ3v) is 2.42. The lowest BCUT2D eigenvalue weighted by molar-refractivity contribution is -0.153. The number of rotatable bonds is 2. The van der Waals surface area contributed by atoms with Gasteiger partial charge in [-0.1, -0.05) is 15.9 Å². The zero-order chi connectivity index (χ0) is 7.40. The van der Waals surface area contributed by atoms with Crippen molar-refractivity contribution < 1.29 is 9.47 Å². The first-order chi connectivity index (χ1) is 4.84. The normalized spacial score (nSPS) is 34.2. The van der Waals surface area contributed by atoms with Crippen LogP contribution in [0.15, 0.2) is 0 Å². The third-order valence-electron chi connectivity index (χ3n) is 1.53. The van der Waals surface area contributed by atoms with E-state index >= 15 is 0 Å². The maximum Gasteiger partial charge on any atom is 0.169 e. The SMILES string of the molecule is CCO[C@H]1OCCC[C@@H]1Br. The number of hydrogen-bond acceptors (Lipinski definition) is 2. The van der Waals surface area contributed by atoms with Crippen LogP contribution < -0.4 is 0 Å². The molecule has 3 heteroatoms. The molecular formula is C7H13BrO2. The number of hydrogen-bond donors (Lipinski definition) is 0. The van der Waals surface area contributed by atoms with Crippen molar-refractivity contribution in [3.05, 3.63) is 0 Å². The fraction of sp³-hybridized carbons (Fsp3) is 1.00. The quantitative estimate of drug-likeness (QED) is 0.647. The minimum atomic E-state index is -0.0150. The maximum atomic E-state index is 5.36. The van der Waals surface area contributed by atoms with E-state index < -0.39 is 0 Å². The summed E-state index contributed by atoms with van der Waals surface area (Å²) in [5, 5.41) is 0. The van der Waals surface area contributed by atoms with Gasteiger partial charge in [0.2, 0.25) is 0 Å². The minimum Gasteiger partial charge on any atom is -0.352 e. The van der Waals surface area contributed by atoms with E-state index in [1.54, 1.807) is 0 Å². The zero-order valence-electron chi connectivity index (χ0n) is 6.18. The van der Waals surface area contributed by atoms with Crippen LogP contribution >= 0.6 is 15.9 Å². The number of ether oxygens (including phenoxy) is 2. The lowest BCUT2D eigenvalue weighted by Crippen LogP contribution is -2.32. The summed E-state index contributed by atoms with van der Waals surface area (Å²) < 4.78 is 10.7. The summed E-state index contributed by atoms with van der Waals surface area (Å²) in [7, 11) is 0. The highest BCUT2D eigenvalue weighted by atomic mass is 79.9. The molecule has 1 aliphatic heterocycles. The van der Waals surface area contributed by atoms with Gasteiger partial charge in [0.25, 0.3) is 0 Å². The first-order valence-electron chi connectivity index (χ1n) is 3.72. The Bertz CT molecular complexity index is 95.6. The van der Waals surface area contributed by atoms with Gasteiger partial charge in [-0.25, -0.2) is 0 Å². The summed E-state index contributed by atoms with van der Waals surface area (Å²) in [4.78, 5) is 0.390. The smallest absolute Gasteiger partial charge is 0.169 e. The van der Waals surface area contributed by atoms with Crippen molar-refractivity contribution in [1.82, 2.24) is 0 Å². The van der Waals surface area contributed by atoms with Crippen molar-refractivity contribution >= 4 is 15.9 Å². The van der Waals surface area contributed by atoms with Crippen molar-refractivity contribution in [2.45, 2.75) is 30.9 Å². The molecule has 0 spiro atoms. The van der Waals surface area contributed by atoms with Crippen molar-refractivity contribution in [2.24, 2.45) is 0 Å². The molecular weight excluding hydrogens is 196 g/mol. The van der Waals surface area contributed by atoms with Crippen LogP contribution in [-0.4, -0.2) is 24.3 Å². The molecule has 1 aliphatic rings. The van der Waals surface area contributed by atoms with E-state index in [2.05, 4.69) is 15.9 Å². The van der Waals surface area contributed by atoms with Crippen LogP contribution in [0.4, 0.5) is 0 Å². The topological polar surface area (TPSA) is 18.5 Å². The van der Waals surface area contributed by atoms with Gasteiger partial charge in [0.05, 0.1) is 4.83 Å². The van der Waals surface area contributed by atoms with Crippen molar-refractivity contribution in [3.63, 3.8) is 0 Å². The zero-order valence-corrected chi connectivity index (χ0v) is 7.76. The number of alkyl halides is 1. The van der Waals surface area contributed by atoms with E-state index in [-0.39, 0.29) is 6.29 Å². The molecule has 0 radical (unpaired) electrons. The summed E-state index contributed by atoms with van der Waals surface area (Å²) in [5.74, 6) is 0. The van der Waals surface area contributed by atoms with Gasteiger partial charge in [-0.05, 0) is 19.8 Å². The highest BCUT2D eigenvalue weighted by molar-refractivity contribution is 9.09. The third kappa shape index (κ3) is 2.22. The molecule has 0 bridgehead atoms. The fourth-order valence-electron chi connectivity index (χ4n) is 1.04.